The highest BCUT2D eigenvalue weighted by Crippen LogP contribution is 2.35. The van der Waals surface area contributed by atoms with Crippen LogP contribution in [0.15, 0.2) is 59.1 Å². The summed E-state index contributed by atoms with van der Waals surface area (Å²) >= 11 is 4.42. The van der Waals surface area contributed by atoms with Crippen molar-refractivity contribution in [2.75, 3.05) is 16.3 Å². The summed E-state index contributed by atoms with van der Waals surface area (Å²) in [5, 5.41) is -0.768. The Labute approximate surface area is 147 Å². The summed E-state index contributed by atoms with van der Waals surface area (Å²) in [6, 6.07) is 16.9. The third-order valence-electron chi connectivity index (χ3n) is 3.62. The Morgan fingerprint density at radius 2 is 1.74 bits per heavy atom. The number of carbonyl (C=O) groups excluding carboxylic acids is 2. The minimum Gasteiger partial charge on any atom is -0.351 e. The van der Waals surface area contributed by atoms with E-state index in [4.69, 9.17) is 0 Å². The van der Waals surface area contributed by atoms with Gasteiger partial charge in [0.1, 0.15) is 0 Å². The van der Waals surface area contributed by atoms with Gasteiger partial charge in [-0.15, -0.1) is 0 Å². The lowest BCUT2D eigenvalue weighted by Crippen LogP contribution is -2.41. The molecule has 0 saturated carbocycles. The Morgan fingerprint density at radius 1 is 1.09 bits per heavy atom. The molecule has 0 spiro atoms. The standard InChI is InChI=1S/C17H15BrN2O2S/c1-2-19(13-6-4-3-5-7-13)16-15(21)20(17(22)23-16)14-10-8-12(18)9-11-14/h3-11,16H,2H2,1H3/t16-/m1/s1. The third kappa shape index (κ3) is 3.14. The predicted molar refractivity (Wildman–Crippen MR) is 97.9 cm³/mol. The molecule has 0 N–H and O–H groups in total. The van der Waals surface area contributed by atoms with E-state index in [1.807, 2.05) is 54.3 Å². The van der Waals surface area contributed by atoms with Crippen molar-refractivity contribution in [2.24, 2.45) is 0 Å². The van der Waals surface area contributed by atoms with Gasteiger partial charge in [0.15, 0.2) is 5.37 Å². The molecule has 118 valence electrons. The molecule has 2 aromatic rings. The number of rotatable bonds is 4. The van der Waals surface area contributed by atoms with Crippen molar-refractivity contribution in [1.29, 1.82) is 0 Å². The predicted octanol–water partition coefficient (Wildman–Crippen LogP) is 4.50. The molecule has 0 aromatic heterocycles. The second-order valence-corrected chi connectivity index (χ2v) is 6.95. The van der Waals surface area contributed by atoms with Crippen LogP contribution in [0.5, 0.6) is 0 Å². The van der Waals surface area contributed by atoms with Gasteiger partial charge in [0, 0.05) is 16.7 Å². The summed E-state index contributed by atoms with van der Waals surface area (Å²) in [6.07, 6.45) is 0. The van der Waals surface area contributed by atoms with E-state index in [9.17, 15) is 9.59 Å². The maximum atomic E-state index is 12.8. The summed E-state index contributed by atoms with van der Waals surface area (Å²) in [7, 11) is 0. The van der Waals surface area contributed by atoms with Crippen molar-refractivity contribution in [2.45, 2.75) is 12.3 Å². The van der Waals surface area contributed by atoms with Crippen LogP contribution in [0, 0.1) is 0 Å². The van der Waals surface area contributed by atoms with E-state index in [1.54, 1.807) is 12.1 Å². The Balaban J connectivity index is 1.90. The molecule has 0 aliphatic carbocycles. The summed E-state index contributed by atoms with van der Waals surface area (Å²) in [5.41, 5.74) is 1.54. The molecule has 6 heteroatoms. The molecule has 1 aliphatic heterocycles. The van der Waals surface area contributed by atoms with Crippen molar-refractivity contribution in [3.05, 3.63) is 59.1 Å². The van der Waals surface area contributed by atoms with Crippen LogP contribution >= 0.6 is 27.7 Å². The van der Waals surface area contributed by atoms with Crippen LogP contribution in [0.1, 0.15) is 6.92 Å². The van der Waals surface area contributed by atoms with Crippen LogP contribution < -0.4 is 9.80 Å². The average Bonchev–Trinajstić information content (AvgIpc) is 2.85. The first-order valence-corrected chi connectivity index (χ1v) is 8.91. The van der Waals surface area contributed by atoms with Gasteiger partial charge in [-0.1, -0.05) is 34.1 Å². The maximum Gasteiger partial charge on any atom is 0.295 e. The van der Waals surface area contributed by atoms with E-state index >= 15 is 0 Å². The molecule has 1 atom stereocenters. The number of hydrogen-bond acceptors (Lipinski definition) is 4. The second-order valence-electron chi connectivity index (χ2n) is 5.01. The number of anilines is 2. The largest absolute Gasteiger partial charge is 0.351 e. The van der Waals surface area contributed by atoms with Crippen molar-refractivity contribution in [3.63, 3.8) is 0 Å². The number of hydrogen-bond donors (Lipinski definition) is 0. The SMILES string of the molecule is CCN(c1ccccc1)[C@@H]1SC(=O)N(c2ccc(Br)cc2)C1=O. The maximum absolute atomic E-state index is 12.8. The molecule has 2 aromatic carbocycles. The number of nitrogens with zero attached hydrogens (tertiary/aromatic N) is 2. The topological polar surface area (TPSA) is 40.6 Å². The minimum atomic E-state index is -0.529. The van der Waals surface area contributed by atoms with Crippen LogP contribution in [0.2, 0.25) is 0 Å². The Morgan fingerprint density at radius 3 is 2.35 bits per heavy atom. The Bertz CT molecular complexity index is 721. The summed E-state index contributed by atoms with van der Waals surface area (Å²) in [4.78, 5) is 28.4. The fourth-order valence-electron chi connectivity index (χ4n) is 2.52. The van der Waals surface area contributed by atoms with Gasteiger partial charge in [0.2, 0.25) is 0 Å². The molecule has 0 unspecified atom stereocenters. The van der Waals surface area contributed by atoms with Crippen LogP contribution in [-0.4, -0.2) is 23.1 Å². The summed E-state index contributed by atoms with van der Waals surface area (Å²) < 4.78 is 0.906. The van der Waals surface area contributed by atoms with Crippen LogP contribution in [0.3, 0.4) is 0 Å². The van der Waals surface area contributed by atoms with E-state index in [1.165, 1.54) is 4.90 Å². The van der Waals surface area contributed by atoms with Crippen molar-refractivity contribution >= 4 is 50.2 Å². The van der Waals surface area contributed by atoms with Gasteiger partial charge in [0.25, 0.3) is 11.1 Å². The van der Waals surface area contributed by atoms with Gasteiger partial charge in [-0.25, -0.2) is 4.90 Å². The molecule has 1 aliphatic rings. The van der Waals surface area contributed by atoms with Gasteiger partial charge in [-0.05, 0) is 55.1 Å². The molecule has 0 bridgehead atoms. The monoisotopic (exact) mass is 390 g/mol. The van der Waals surface area contributed by atoms with Crippen molar-refractivity contribution in [1.82, 2.24) is 0 Å². The number of carbonyl (C=O) groups is 2. The molecule has 1 saturated heterocycles. The zero-order chi connectivity index (χ0) is 16.4. The normalized spacial score (nSPS) is 17.7. The highest BCUT2D eigenvalue weighted by molar-refractivity contribution is 9.10. The fourth-order valence-corrected chi connectivity index (χ4v) is 3.88. The van der Waals surface area contributed by atoms with E-state index in [-0.39, 0.29) is 11.1 Å². The molecular formula is C17H15BrN2O2S. The first kappa shape index (κ1) is 16.1. The van der Waals surface area contributed by atoms with E-state index in [0.29, 0.717) is 12.2 Å². The average molecular weight is 391 g/mol. The highest BCUT2D eigenvalue weighted by Gasteiger charge is 2.43. The van der Waals surface area contributed by atoms with E-state index in [0.717, 1.165) is 21.9 Å². The van der Waals surface area contributed by atoms with Crippen LogP contribution in [0.25, 0.3) is 0 Å². The van der Waals surface area contributed by atoms with Crippen LogP contribution in [0.4, 0.5) is 16.2 Å². The third-order valence-corrected chi connectivity index (χ3v) is 5.22. The Kier molecular flexibility index (Phi) is 4.73. The zero-order valence-electron chi connectivity index (χ0n) is 12.5. The number of halogens is 1. The summed E-state index contributed by atoms with van der Waals surface area (Å²) in [6.45, 7) is 2.63. The zero-order valence-corrected chi connectivity index (χ0v) is 14.9. The minimum absolute atomic E-state index is 0.201. The Hall–Kier alpha value is -1.79. The number of likely N-dealkylation sites (N-methyl/N-ethyl adjacent to an activating group) is 1. The lowest BCUT2D eigenvalue weighted by atomic mass is 10.2. The van der Waals surface area contributed by atoms with Crippen molar-refractivity contribution in [3.8, 4) is 0 Å². The first-order chi connectivity index (χ1) is 11.1. The number of benzene rings is 2. The molecule has 2 amide bonds. The molecule has 23 heavy (non-hydrogen) atoms. The quantitative estimate of drug-likeness (QED) is 0.770. The van der Waals surface area contributed by atoms with E-state index in [2.05, 4.69) is 15.9 Å². The molecule has 1 heterocycles. The second kappa shape index (κ2) is 6.76. The molecule has 3 rings (SSSR count). The van der Waals surface area contributed by atoms with Gasteiger partial charge in [-0.3, -0.25) is 9.59 Å². The first-order valence-electron chi connectivity index (χ1n) is 7.23. The molecule has 1 fully saturated rings. The number of thioether (sulfide) groups is 1. The van der Waals surface area contributed by atoms with Gasteiger partial charge in [0.05, 0.1) is 5.69 Å². The highest BCUT2D eigenvalue weighted by atomic mass is 79.9. The van der Waals surface area contributed by atoms with Gasteiger partial charge in [-0.2, -0.15) is 0 Å². The lowest BCUT2D eigenvalue weighted by molar-refractivity contribution is -0.117. The van der Waals surface area contributed by atoms with Crippen molar-refractivity contribution < 1.29 is 9.59 Å². The van der Waals surface area contributed by atoms with E-state index < -0.39 is 5.37 Å². The number of para-hydroxylation sites is 1. The molecule has 0 radical (unpaired) electrons. The smallest absolute Gasteiger partial charge is 0.295 e. The van der Waals surface area contributed by atoms with Gasteiger partial charge < -0.3 is 4.90 Å². The van der Waals surface area contributed by atoms with Crippen LogP contribution in [-0.2, 0) is 4.79 Å². The molecule has 4 nitrogen and oxygen atoms in total. The summed E-state index contributed by atoms with van der Waals surface area (Å²) in [5.74, 6) is -0.201. The lowest BCUT2D eigenvalue weighted by Gasteiger charge is -2.27. The number of imide groups is 1. The number of amides is 2. The van der Waals surface area contributed by atoms with Gasteiger partial charge >= 0.3 is 0 Å². The molecular weight excluding hydrogens is 376 g/mol. The fraction of sp³-hybridized carbons (Fsp3) is 0.176.